The van der Waals surface area contributed by atoms with Gasteiger partial charge in [-0.3, -0.25) is 25.0 Å². The van der Waals surface area contributed by atoms with Crippen LogP contribution in [0.2, 0.25) is 10.0 Å². The average molecular weight is 486 g/mol. The lowest BCUT2D eigenvalue weighted by atomic mass is 10.1. The van der Waals surface area contributed by atoms with Crippen LogP contribution < -0.4 is 10.2 Å². The van der Waals surface area contributed by atoms with Gasteiger partial charge in [0.2, 0.25) is 0 Å². The SMILES string of the molecule is Cc1ccc(N2C(=O)NC(=O)/C(=C\c3ccc(-c4ccc(Cl)c([N+](=O)[O-])c4)o3)C2=O)cc1Cl. The first-order chi connectivity index (χ1) is 15.7. The molecule has 11 heteroatoms. The number of furan rings is 1. The fraction of sp³-hybridized carbons (Fsp3) is 0.0455. The van der Waals surface area contributed by atoms with E-state index in [9.17, 15) is 24.5 Å². The Morgan fingerprint density at radius 3 is 2.48 bits per heavy atom. The predicted octanol–water partition coefficient (Wildman–Crippen LogP) is 5.14. The van der Waals surface area contributed by atoms with E-state index < -0.39 is 22.8 Å². The summed E-state index contributed by atoms with van der Waals surface area (Å²) in [6, 6.07) is 10.9. The van der Waals surface area contributed by atoms with Crippen LogP contribution in [0.1, 0.15) is 11.3 Å². The Labute approximate surface area is 196 Å². The Morgan fingerprint density at radius 2 is 1.79 bits per heavy atom. The lowest BCUT2D eigenvalue weighted by molar-refractivity contribution is -0.384. The first-order valence-electron chi connectivity index (χ1n) is 9.37. The van der Waals surface area contributed by atoms with Gasteiger partial charge in [0.05, 0.1) is 10.6 Å². The molecule has 1 aliphatic heterocycles. The minimum Gasteiger partial charge on any atom is -0.457 e. The lowest BCUT2D eigenvalue weighted by Gasteiger charge is -2.26. The second kappa shape index (κ2) is 8.53. The van der Waals surface area contributed by atoms with Gasteiger partial charge in [0.15, 0.2) is 0 Å². The van der Waals surface area contributed by atoms with Crippen molar-refractivity contribution in [3.05, 3.63) is 85.6 Å². The fourth-order valence-electron chi connectivity index (χ4n) is 3.15. The van der Waals surface area contributed by atoms with Crippen LogP contribution in [-0.4, -0.2) is 22.8 Å². The van der Waals surface area contributed by atoms with Crippen molar-refractivity contribution in [2.24, 2.45) is 0 Å². The highest BCUT2D eigenvalue weighted by Gasteiger charge is 2.37. The van der Waals surface area contributed by atoms with Gasteiger partial charge in [-0.2, -0.15) is 0 Å². The standard InChI is InChI=1S/C22H13Cl2N3O6/c1-11-2-4-13(9-17(11)24)26-21(29)15(20(28)25-22(26)30)10-14-5-7-19(33-14)12-3-6-16(23)18(8-12)27(31)32/h2-10H,1H3,(H,25,28,30)/b15-10+. The summed E-state index contributed by atoms with van der Waals surface area (Å²) in [5.41, 5.74) is 0.691. The molecule has 1 fully saturated rings. The molecular weight excluding hydrogens is 473 g/mol. The zero-order valence-electron chi connectivity index (χ0n) is 16.8. The van der Waals surface area contributed by atoms with Gasteiger partial charge in [-0.05, 0) is 55.0 Å². The number of aryl methyl sites for hydroxylation is 1. The minimum atomic E-state index is -0.907. The van der Waals surface area contributed by atoms with E-state index in [4.69, 9.17) is 27.6 Å². The molecule has 0 saturated carbocycles. The van der Waals surface area contributed by atoms with Crippen LogP contribution in [0.15, 0.2) is 58.5 Å². The molecule has 1 N–H and O–H groups in total. The number of rotatable bonds is 4. The molecule has 33 heavy (non-hydrogen) atoms. The molecule has 1 saturated heterocycles. The normalized spacial score (nSPS) is 15.2. The zero-order valence-corrected chi connectivity index (χ0v) is 18.3. The van der Waals surface area contributed by atoms with Gasteiger partial charge in [0.1, 0.15) is 22.1 Å². The van der Waals surface area contributed by atoms with Crippen LogP contribution in [0.25, 0.3) is 17.4 Å². The van der Waals surface area contributed by atoms with Crippen LogP contribution in [0.3, 0.4) is 0 Å². The highest BCUT2D eigenvalue weighted by molar-refractivity contribution is 6.39. The summed E-state index contributed by atoms with van der Waals surface area (Å²) in [6.07, 6.45) is 1.18. The van der Waals surface area contributed by atoms with Crippen molar-refractivity contribution in [3.8, 4) is 11.3 Å². The van der Waals surface area contributed by atoms with Crippen molar-refractivity contribution in [2.45, 2.75) is 6.92 Å². The molecule has 0 unspecified atom stereocenters. The molecular formula is C22H13Cl2N3O6. The van der Waals surface area contributed by atoms with Gasteiger partial charge in [0, 0.05) is 16.7 Å². The number of carbonyl (C=O) groups is 3. The van der Waals surface area contributed by atoms with Crippen LogP contribution in [0.4, 0.5) is 16.2 Å². The van der Waals surface area contributed by atoms with E-state index in [1.54, 1.807) is 13.0 Å². The van der Waals surface area contributed by atoms with Gasteiger partial charge >= 0.3 is 6.03 Å². The highest BCUT2D eigenvalue weighted by atomic mass is 35.5. The number of benzene rings is 2. The van der Waals surface area contributed by atoms with Crippen molar-refractivity contribution < 1.29 is 23.7 Å². The summed E-state index contributed by atoms with van der Waals surface area (Å²) in [4.78, 5) is 49.0. The number of nitrogens with one attached hydrogen (secondary N) is 1. The topological polar surface area (TPSA) is 123 Å². The third kappa shape index (κ3) is 4.23. The molecule has 2 heterocycles. The summed E-state index contributed by atoms with van der Waals surface area (Å²) >= 11 is 11.9. The molecule has 0 spiro atoms. The number of nitro benzene ring substituents is 1. The minimum absolute atomic E-state index is 0.0249. The second-order valence-corrected chi connectivity index (χ2v) is 7.83. The molecule has 166 valence electrons. The number of nitro groups is 1. The van der Waals surface area contributed by atoms with E-state index in [-0.39, 0.29) is 33.5 Å². The Bertz CT molecular complexity index is 1380. The van der Waals surface area contributed by atoms with Gasteiger partial charge in [-0.1, -0.05) is 29.3 Å². The first-order valence-corrected chi connectivity index (χ1v) is 10.1. The molecule has 0 atom stereocenters. The molecule has 2 aromatic carbocycles. The van der Waals surface area contributed by atoms with E-state index in [1.807, 2.05) is 0 Å². The Hall–Kier alpha value is -3.95. The summed E-state index contributed by atoms with van der Waals surface area (Å²) in [6.45, 7) is 1.77. The third-order valence-electron chi connectivity index (χ3n) is 4.86. The van der Waals surface area contributed by atoms with Gasteiger partial charge in [-0.25, -0.2) is 9.69 Å². The summed E-state index contributed by atoms with van der Waals surface area (Å²) in [5.74, 6) is -1.37. The van der Waals surface area contributed by atoms with Crippen LogP contribution in [-0.2, 0) is 9.59 Å². The average Bonchev–Trinajstić information content (AvgIpc) is 3.22. The predicted molar refractivity (Wildman–Crippen MR) is 121 cm³/mol. The van der Waals surface area contributed by atoms with Gasteiger partial charge < -0.3 is 4.42 Å². The van der Waals surface area contributed by atoms with Crippen molar-refractivity contribution in [3.63, 3.8) is 0 Å². The number of hydrogen-bond acceptors (Lipinski definition) is 6. The second-order valence-electron chi connectivity index (χ2n) is 7.02. The van der Waals surface area contributed by atoms with Crippen molar-refractivity contribution in [1.29, 1.82) is 0 Å². The van der Waals surface area contributed by atoms with Crippen molar-refractivity contribution in [2.75, 3.05) is 4.90 Å². The zero-order chi connectivity index (χ0) is 23.9. The molecule has 1 aliphatic rings. The maximum atomic E-state index is 13.0. The van der Waals surface area contributed by atoms with E-state index in [1.165, 1.54) is 48.5 Å². The Kier molecular flexibility index (Phi) is 5.75. The number of halogens is 2. The van der Waals surface area contributed by atoms with Crippen LogP contribution in [0, 0.1) is 17.0 Å². The molecule has 0 radical (unpaired) electrons. The number of amides is 4. The number of urea groups is 1. The maximum Gasteiger partial charge on any atom is 0.335 e. The van der Waals surface area contributed by atoms with Crippen LogP contribution in [0.5, 0.6) is 0 Å². The highest BCUT2D eigenvalue weighted by Crippen LogP contribution is 2.32. The first kappa shape index (κ1) is 22.3. The van der Waals surface area contributed by atoms with Gasteiger partial charge in [0.25, 0.3) is 17.5 Å². The van der Waals surface area contributed by atoms with E-state index in [0.717, 1.165) is 10.5 Å². The Morgan fingerprint density at radius 1 is 1.03 bits per heavy atom. The summed E-state index contributed by atoms with van der Waals surface area (Å²) < 4.78 is 5.65. The Balaban J connectivity index is 1.68. The largest absolute Gasteiger partial charge is 0.457 e. The molecule has 4 amide bonds. The number of barbiturate groups is 1. The lowest BCUT2D eigenvalue weighted by Crippen LogP contribution is -2.54. The van der Waals surface area contributed by atoms with Crippen LogP contribution >= 0.6 is 23.2 Å². The van der Waals surface area contributed by atoms with Gasteiger partial charge in [-0.15, -0.1) is 0 Å². The molecule has 3 aromatic rings. The molecule has 0 bridgehead atoms. The molecule has 0 aliphatic carbocycles. The summed E-state index contributed by atoms with van der Waals surface area (Å²) in [5, 5.41) is 13.6. The molecule has 1 aromatic heterocycles. The van der Waals surface area contributed by atoms with E-state index in [0.29, 0.717) is 10.6 Å². The van der Waals surface area contributed by atoms with E-state index >= 15 is 0 Å². The van der Waals surface area contributed by atoms with Crippen molar-refractivity contribution in [1.82, 2.24) is 5.32 Å². The monoisotopic (exact) mass is 485 g/mol. The molecule has 4 rings (SSSR count). The quantitative estimate of drug-likeness (QED) is 0.236. The number of hydrogen-bond donors (Lipinski definition) is 1. The number of imide groups is 2. The third-order valence-corrected chi connectivity index (χ3v) is 5.58. The molecule has 9 nitrogen and oxygen atoms in total. The smallest absolute Gasteiger partial charge is 0.335 e. The maximum absolute atomic E-state index is 13.0. The van der Waals surface area contributed by atoms with E-state index in [2.05, 4.69) is 5.32 Å². The number of anilines is 1. The summed E-state index contributed by atoms with van der Waals surface area (Å²) in [7, 11) is 0. The number of nitrogens with zero attached hydrogens (tertiary/aromatic N) is 2. The van der Waals surface area contributed by atoms with Crippen molar-refractivity contribution >= 4 is 58.5 Å². The fourth-order valence-corrected chi connectivity index (χ4v) is 3.51. The number of carbonyl (C=O) groups excluding carboxylic acids is 3.